The normalized spacial score (nSPS) is 13.9. The lowest BCUT2D eigenvalue weighted by Crippen LogP contribution is -2.48. The molecule has 0 unspecified atom stereocenters. The number of phenols is 1. The van der Waals surface area contributed by atoms with Gasteiger partial charge in [-0.2, -0.15) is 0 Å². The molecule has 0 atom stereocenters. The van der Waals surface area contributed by atoms with Crippen molar-refractivity contribution in [1.29, 1.82) is 0 Å². The summed E-state index contributed by atoms with van der Waals surface area (Å²) in [5, 5.41) is 10.9. The zero-order chi connectivity index (χ0) is 22.0. The number of piperazine rings is 1. The van der Waals surface area contributed by atoms with Crippen molar-refractivity contribution in [2.75, 3.05) is 45.3 Å². The Balaban J connectivity index is 1.49. The largest absolute Gasteiger partial charge is 0.506 e. The maximum atomic E-state index is 13.2. The third-order valence-electron chi connectivity index (χ3n) is 5.41. The number of ether oxygens (including phenoxy) is 2. The summed E-state index contributed by atoms with van der Waals surface area (Å²) in [6, 6.07) is 12.9. The number of carbonyl (C=O) groups is 1. The quantitative estimate of drug-likeness (QED) is 0.652. The van der Waals surface area contributed by atoms with Crippen molar-refractivity contribution in [3.63, 3.8) is 0 Å². The molecule has 2 aromatic carbocycles. The molecule has 31 heavy (non-hydrogen) atoms. The van der Waals surface area contributed by atoms with Crippen LogP contribution in [0.25, 0.3) is 10.6 Å². The fraction of sp³-hybridized carbons (Fsp3) is 0.304. The zero-order valence-corrected chi connectivity index (χ0v) is 18.6. The van der Waals surface area contributed by atoms with Gasteiger partial charge in [-0.25, -0.2) is 4.98 Å². The second-order valence-electron chi connectivity index (χ2n) is 7.27. The molecule has 0 radical (unpaired) electrons. The van der Waals surface area contributed by atoms with Crippen LogP contribution in [-0.2, 0) is 0 Å². The molecule has 1 amide bonds. The van der Waals surface area contributed by atoms with Gasteiger partial charge in [0.2, 0.25) is 0 Å². The number of anilines is 1. The molecule has 0 saturated carbocycles. The highest BCUT2D eigenvalue weighted by Crippen LogP contribution is 2.35. The Labute approximate surface area is 185 Å². The minimum Gasteiger partial charge on any atom is -0.506 e. The number of methoxy groups -OCH3 is 2. The van der Waals surface area contributed by atoms with E-state index in [0.29, 0.717) is 42.6 Å². The highest BCUT2D eigenvalue weighted by molar-refractivity contribution is 7.17. The van der Waals surface area contributed by atoms with E-state index in [1.165, 1.54) is 11.3 Å². The van der Waals surface area contributed by atoms with Gasteiger partial charge in [0.25, 0.3) is 5.91 Å². The molecule has 1 saturated heterocycles. The SMILES string of the molecule is COc1ccc(-c2nc(C)c(C(=O)N3CCN(c4ccccc4O)CC3)s2)cc1OC. The number of aromatic nitrogens is 1. The van der Waals surface area contributed by atoms with Crippen LogP contribution in [0.5, 0.6) is 17.2 Å². The fourth-order valence-electron chi connectivity index (χ4n) is 3.71. The van der Waals surface area contributed by atoms with E-state index in [-0.39, 0.29) is 11.7 Å². The van der Waals surface area contributed by atoms with Gasteiger partial charge < -0.3 is 24.4 Å². The summed E-state index contributed by atoms with van der Waals surface area (Å²) < 4.78 is 10.7. The molecule has 3 aromatic rings. The number of aromatic hydroxyl groups is 1. The van der Waals surface area contributed by atoms with Gasteiger partial charge in [0.05, 0.1) is 25.6 Å². The van der Waals surface area contributed by atoms with Crippen LogP contribution in [0, 0.1) is 6.92 Å². The predicted molar refractivity (Wildman–Crippen MR) is 122 cm³/mol. The molecule has 4 rings (SSSR count). The number of nitrogens with zero attached hydrogens (tertiary/aromatic N) is 3. The summed E-state index contributed by atoms with van der Waals surface area (Å²) in [7, 11) is 3.19. The Hall–Kier alpha value is -3.26. The third kappa shape index (κ3) is 4.16. The number of carbonyl (C=O) groups excluding carboxylic acids is 1. The number of para-hydroxylation sites is 2. The number of amides is 1. The standard InChI is InChI=1S/C23H25N3O4S/c1-15-21(31-22(24-15)16-8-9-19(29-2)20(14-16)30-3)23(28)26-12-10-25(11-13-26)17-6-4-5-7-18(17)27/h4-9,14,27H,10-13H2,1-3H3. The number of benzene rings is 2. The Morgan fingerprint density at radius 3 is 2.42 bits per heavy atom. The first-order chi connectivity index (χ1) is 15.0. The number of rotatable bonds is 5. The molecule has 162 valence electrons. The lowest BCUT2D eigenvalue weighted by Gasteiger charge is -2.36. The van der Waals surface area contributed by atoms with E-state index in [1.807, 2.05) is 42.2 Å². The summed E-state index contributed by atoms with van der Waals surface area (Å²) in [5.74, 6) is 1.54. The highest BCUT2D eigenvalue weighted by Gasteiger charge is 2.26. The number of hydrogen-bond donors (Lipinski definition) is 1. The molecule has 1 aromatic heterocycles. The first kappa shape index (κ1) is 21.0. The predicted octanol–water partition coefficient (Wildman–Crippen LogP) is 3.80. The second kappa shape index (κ2) is 8.85. The molecular formula is C23H25N3O4S. The van der Waals surface area contributed by atoms with Gasteiger partial charge in [-0.05, 0) is 37.3 Å². The average molecular weight is 440 g/mol. The molecule has 0 spiro atoms. The molecule has 2 heterocycles. The maximum Gasteiger partial charge on any atom is 0.265 e. The van der Waals surface area contributed by atoms with Crippen LogP contribution in [-0.4, -0.2) is 61.3 Å². The number of aryl methyl sites for hydroxylation is 1. The van der Waals surface area contributed by atoms with E-state index in [9.17, 15) is 9.90 Å². The van der Waals surface area contributed by atoms with Crippen LogP contribution in [0.15, 0.2) is 42.5 Å². The lowest BCUT2D eigenvalue weighted by molar-refractivity contribution is 0.0750. The Bertz CT molecular complexity index is 1090. The molecule has 0 aliphatic carbocycles. The molecular weight excluding hydrogens is 414 g/mol. The second-order valence-corrected chi connectivity index (χ2v) is 8.27. The summed E-state index contributed by atoms with van der Waals surface area (Å²) >= 11 is 1.39. The first-order valence-electron chi connectivity index (χ1n) is 10.0. The highest BCUT2D eigenvalue weighted by atomic mass is 32.1. The van der Waals surface area contributed by atoms with E-state index >= 15 is 0 Å². The fourth-order valence-corrected chi connectivity index (χ4v) is 4.74. The smallest absolute Gasteiger partial charge is 0.265 e. The molecule has 1 aliphatic heterocycles. The lowest BCUT2D eigenvalue weighted by atomic mass is 10.2. The van der Waals surface area contributed by atoms with E-state index in [0.717, 1.165) is 22.0 Å². The first-order valence-corrected chi connectivity index (χ1v) is 10.9. The molecule has 8 heteroatoms. The maximum absolute atomic E-state index is 13.2. The van der Waals surface area contributed by atoms with Crippen molar-refractivity contribution < 1.29 is 19.4 Å². The molecule has 1 aliphatic rings. The van der Waals surface area contributed by atoms with Crippen LogP contribution < -0.4 is 14.4 Å². The van der Waals surface area contributed by atoms with Crippen LogP contribution in [0.3, 0.4) is 0 Å². The topological polar surface area (TPSA) is 75.1 Å². The van der Waals surface area contributed by atoms with Crippen LogP contribution in [0.1, 0.15) is 15.4 Å². The Morgan fingerprint density at radius 1 is 1.03 bits per heavy atom. The van der Waals surface area contributed by atoms with Gasteiger partial charge in [-0.3, -0.25) is 4.79 Å². The van der Waals surface area contributed by atoms with Crippen molar-refractivity contribution >= 4 is 22.9 Å². The molecule has 7 nitrogen and oxygen atoms in total. The van der Waals surface area contributed by atoms with Gasteiger partial charge in [0.15, 0.2) is 11.5 Å². The summed E-state index contributed by atoms with van der Waals surface area (Å²) in [4.78, 5) is 22.4. The summed E-state index contributed by atoms with van der Waals surface area (Å²) in [6.07, 6.45) is 0. The third-order valence-corrected chi connectivity index (χ3v) is 6.61. The zero-order valence-electron chi connectivity index (χ0n) is 17.8. The monoisotopic (exact) mass is 439 g/mol. The van der Waals surface area contributed by atoms with Gasteiger partial charge in [-0.15, -0.1) is 11.3 Å². The van der Waals surface area contributed by atoms with Gasteiger partial charge in [0.1, 0.15) is 15.6 Å². The molecule has 0 bridgehead atoms. The number of phenolic OH excluding ortho intramolecular Hbond substituents is 1. The van der Waals surface area contributed by atoms with Crippen LogP contribution in [0.2, 0.25) is 0 Å². The minimum absolute atomic E-state index is 0.00124. The van der Waals surface area contributed by atoms with Gasteiger partial charge >= 0.3 is 0 Å². The van der Waals surface area contributed by atoms with E-state index in [4.69, 9.17) is 9.47 Å². The average Bonchev–Trinajstić information content (AvgIpc) is 3.20. The summed E-state index contributed by atoms with van der Waals surface area (Å²) in [6.45, 7) is 4.39. The van der Waals surface area contributed by atoms with Crippen LogP contribution >= 0.6 is 11.3 Å². The van der Waals surface area contributed by atoms with Gasteiger partial charge in [-0.1, -0.05) is 12.1 Å². The molecule has 1 fully saturated rings. The van der Waals surface area contributed by atoms with Crippen molar-refractivity contribution in [1.82, 2.24) is 9.88 Å². The Morgan fingerprint density at radius 2 is 1.74 bits per heavy atom. The Kier molecular flexibility index (Phi) is 5.99. The number of hydrogen-bond acceptors (Lipinski definition) is 7. The van der Waals surface area contributed by atoms with E-state index in [2.05, 4.69) is 9.88 Å². The van der Waals surface area contributed by atoms with Crippen molar-refractivity contribution in [3.05, 3.63) is 53.0 Å². The van der Waals surface area contributed by atoms with Crippen molar-refractivity contribution in [2.24, 2.45) is 0 Å². The number of thiazole rings is 1. The van der Waals surface area contributed by atoms with Crippen molar-refractivity contribution in [3.8, 4) is 27.8 Å². The summed E-state index contributed by atoms with van der Waals surface area (Å²) in [5.41, 5.74) is 2.41. The van der Waals surface area contributed by atoms with Crippen LogP contribution in [0.4, 0.5) is 5.69 Å². The van der Waals surface area contributed by atoms with Crippen molar-refractivity contribution in [2.45, 2.75) is 6.92 Å². The minimum atomic E-state index is -0.00124. The van der Waals surface area contributed by atoms with E-state index in [1.54, 1.807) is 26.4 Å². The van der Waals surface area contributed by atoms with Gasteiger partial charge in [0, 0.05) is 31.7 Å². The van der Waals surface area contributed by atoms with E-state index < -0.39 is 0 Å². The molecule has 1 N–H and O–H groups in total.